The number of carbonyl (C=O) groups excluding carboxylic acids is 2. The SMILES string of the molecule is COC(=O)c1ccc2c(c1)CC1(CC2)CC(=O)N(Cc2ccc(F)cc2)C1. The summed E-state index contributed by atoms with van der Waals surface area (Å²) < 4.78 is 17.9. The Morgan fingerprint density at radius 2 is 1.93 bits per heavy atom. The first kappa shape index (κ1) is 17.7. The van der Waals surface area contributed by atoms with Crippen molar-refractivity contribution in [2.75, 3.05) is 13.7 Å². The predicted octanol–water partition coefficient (Wildman–Crippen LogP) is 3.52. The molecule has 0 saturated carbocycles. The van der Waals surface area contributed by atoms with Gasteiger partial charge in [-0.15, -0.1) is 0 Å². The molecule has 2 aromatic rings. The highest BCUT2D eigenvalue weighted by molar-refractivity contribution is 5.89. The van der Waals surface area contributed by atoms with Crippen molar-refractivity contribution >= 4 is 11.9 Å². The number of likely N-dealkylation sites (tertiary alicyclic amines) is 1. The molecule has 4 rings (SSSR count). The molecule has 0 radical (unpaired) electrons. The Morgan fingerprint density at radius 1 is 1.15 bits per heavy atom. The van der Waals surface area contributed by atoms with Gasteiger partial charge in [-0.2, -0.15) is 0 Å². The van der Waals surface area contributed by atoms with Crippen LogP contribution in [0.5, 0.6) is 0 Å². The maximum atomic E-state index is 13.1. The third kappa shape index (κ3) is 3.46. The highest BCUT2D eigenvalue weighted by Crippen LogP contribution is 2.43. The van der Waals surface area contributed by atoms with Crippen molar-refractivity contribution < 1.29 is 18.7 Å². The average molecular weight is 367 g/mol. The van der Waals surface area contributed by atoms with E-state index in [9.17, 15) is 14.0 Å². The molecule has 0 aromatic heterocycles. The number of aryl methyl sites for hydroxylation is 1. The second kappa shape index (κ2) is 6.80. The number of benzene rings is 2. The monoisotopic (exact) mass is 367 g/mol. The van der Waals surface area contributed by atoms with E-state index in [0.29, 0.717) is 25.1 Å². The van der Waals surface area contributed by atoms with Crippen LogP contribution >= 0.6 is 0 Å². The first-order chi connectivity index (χ1) is 13.0. The van der Waals surface area contributed by atoms with Crippen LogP contribution in [-0.4, -0.2) is 30.4 Å². The number of ether oxygens (including phenoxy) is 1. The zero-order valence-corrected chi connectivity index (χ0v) is 15.3. The van der Waals surface area contributed by atoms with Gasteiger partial charge in [0.05, 0.1) is 12.7 Å². The van der Waals surface area contributed by atoms with Crippen molar-refractivity contribution in [1.29, 1.82) is 0 Å². The van der Waals surface area contributed by atoms with Gasteiger partial charge < -0.3 is 9.64 Å². The molecule has 1 saturated heterocycles. The van der Waals surface area contributed by atoms with Gasteiger partial charge in [-0.05, 0) is 60.2 Å². The van der Waals surface area contributed by atoms with Crippen LogP contribution < -0.4 is 0 Å². The minimum atomic E-state index is -0.335. The summed E-state index contributed by atoms with van der Waals surface area (Å²) in [6, 6.07) is 12.0. The van der Waals surface area contributed by atoms with Crippen molar-refractivity contribution in [3.63, 3.8) is 0 Å². The number of esters is 1. The number of hydrogen-bond acceptors (Lipinski definition) is 3. The molecule has 1 aliphatic carbocycles. The van der Waals surface area contributed by atoms with E-state index in [1.807, 2.05) is 23.1 Å². The van der Waals surface area contributed by atoms with E-state index < -0.39 is 0 Å². The van der Waals surface area contributed by atoms with Gasteiger partial charge in [-0.1, -0.05) is 18.2 Å². The van der Waals surface area contributed by atoms with Crippen molar-refractivity contribution in [3.8, 4) is 0 Å². The van der Waals surface area contributed by atoms with Crippen LogP contribution in [0.4, 0.5) is 4.39 Å². The Balaban J connectivity index is 1.52. The Labute approximate surface area is 157 Å². The van der Waals surface area contributed by atoms with Crippen LogP contribution in [0.25, 0.3) is 0 Å². The second-order valence-corrected chi connectivity index (χ2v) is 7.70. The fraction of sp³-hybridized carbons (Fsp3) is 0.364. The highest BCUT2D eigenvalue weighted by atomic mass is 19.1. The summed E-state index contributed by atoms with van der Waals surface area (Å²) in [5, 5.41) is 0. The first-order valence-electron chi connectivity index (χ1n) is 9.20. The van der Waals surface area contributed by atoms with E-state index in [2.05, 4.69) is 0 Å². The smallest absolute Gasteiger partial charge is 0.337 e. The fourth-order valence-electron chi connectivity index (χ4n) is 4.39. The number of halogens is 1. The van der Waals surface area contributed by atoms with Crippen LogP contribution in [0.3, 0.4) is 0 Å². The first-order valence-corrected chi connectivity index (χ1v) is 9.20. The summed E-state index contributed by atoms with van der Waals surface area (Å²) in [5.41, 5.74) is 3.80. The lowest BCUT2D eigenvalue weighted by molar-refractivity contribution is -0.128. The van der Waals surface area contributed by atoms with Crippen molar-refractivity contribution in [3.05, 3.63) is 70.5 Å². The molecular weight excluding hydrogens is 345 g/mol. The summed E-state index contributed by atoms with van der Waals surface area (Å²) in [4.78, 5) is 26.3. The molecule has 2 aromatic carbocycles. The summed E-state index contributed by atoms with van der Waals surface area (Å²) in [6.07, 6.45) is 3.19. The van der Waals surface area contributed by atoms with Crippen LogP contribution in [-0.2, 0) is 28.9 Å². The largest absolute Gasteiger partial charge is 0.465 e. The number of amides is 1. The standard InChI is InChI=1S/C22H22FNO3/c1-27-21(26)17-5-4-16-8-9-22(11-18(16)10-17)12-20(25)24(14-22)13-15-2-6-19(23)7-3-15/h2-7,10H,8-9,11-14H2,1H3. The minimum absolute atomic E-state index is 0.0845. The van der Waals surface area contributed by atoms with Crippen LogP contribution in [0.2, 0.25) is 0 Å². The van der Waals surface area contributed by atoms with E-state index in [0.717, 1.165) is 30.4 Å². The quantitative estimate of drug-likeness (QED) is 0.780. The van der Waals surface area contributed by atoms with Gasteiger partial charge in [0.15, 0.2) is 0 Å². The third-order valence-corrected chi connectivity index (χ3v) is 5.81. The van der Waals surface area contributed by atoms with Crippen molar-refractivity contribution in [1.82, 2.24) is 4.90 Å². The molecule has 1 fully saturated rings. The molecule has 1 atom stereocenters. The van der Waals surface area contributed by atoms with Gasteiger partial charge in [0.1, 0.15) is 5.82 Å². The van der Waals surface area contributed by atoms with Crippen molar-refractivity contribution in [2.24, 2.45) is 5.41 Å². The van der Waals surface area contributed by atoms with E-state index in [4.69, 9.17) is 4.74 Å². The second-order valence-electron chi connectivity index (χ2n) is 7.70. The molecular formula is C22H22FNO3. The van der Waals surface area contributed by atoms with Crippen LogP contribution in [0, 0.1) is 11.2 Å². The number of fused-ring (bicyclic) bond motifs is 1. The highest BCUT2D eigenvalue weighted by Gasteiger charge is 2.44. The van der Waals surface area contributed by atoms with Crippen LogP contribution in [0.1, 0.15) is 39.9 Å². The number of carbonyl (C=O) groups is 2. The zero-order chi connectivity index (χ0) is 19.0. The molecule has 1 heterocycles. The molecule has 140 valence electrons. The fourth-order valence-corrected chi connectivity index (χ4v) is 4.39. The summed E-state index contributed by atoms with van der Waals surface area (Å²) >= 11 is 0. The number of nitrogens with zero attached hydrogens (tertiary/aromatic N) is 1. The number of methoxy groups -OCH3 is 1. The number of rotatable bonds is 3. The molecule has 4 nitrogen and oxygen atoms in total. The van der Waals surface area contributed by atoms with E-state index >= 15 is 0 Å². The molecule has 1 aliphatic heterocycles. The molecule has 1 amide bonds. The van der Waals surface area contributed by atoms with E-state index in [1.165, 1.54) is 24.8 Å². The Kier molecular flexibility index (Phi) is 4.46. The van der Waals surface area contributed by atoms with E-state index in [1.54, 1.807) is 12.1 Å². The molecule has 1 spiro atoms. The average Bonchev–Trinajstić information content (AvgIpc) is 2.96. The van der Waals surface area contributed by atoms with Gasteiger partial charge >= 0.3 is 5.97 Å². The molecule has 5 heteroatoms. The molecule has 0 bridgehead atoms. The van der Waals surface area contributed by atoms with Crippen LogP contribution in [0.15, 0.2) is 42.5 Å². The molecule has 0 N–H and O–H groups in total. The normalized spacial score (nSPS) is 21.4. The summed E-state index contributed by atoms with van der Waals surface area (Å²) in [7, 11) is 1.38. The van der Waals surface area contributed by atoms with Gasteiger partial charge in [0, 0.05) is 24.9 Å². The van der Waals surface area contributed by atoms with Crippen molar-refractivity contribution in [2.45, 2.75) is 32.2 Å². The summed E-state index contributed by atoms with van der Waals surface area (Å²) in [5.74, 6) is -0.460. The summed E-state index contributed by atoms with van der Waals surface area (Å²) in [6.45, 7) is 1.21. The van der Waals surface area contributed by atoms with Gasteiger partial charge in [0.25, 0.3) is 0 Å². The maximum absolute atomic E-state index is 13.1. The number of hydrogen-bond donors (Lipinski definition) is 0. The van der Waals surface area contributed by atoms with Gasteiger partial charge in [-0.25, -0.2) is 9.18 Å². The lowest BCUT2D eigenvalue weighted by Crippen LogP contribution is -2.33. The maximum Gasteiger partial charge on any atom is 0.337 e. The lowest BCUT2D eigenvalue weighted by Gasteiger charge is -2.34. The molecule has 27 heavy (non-hydrogen) atoms. The topological polar surface area (TPSA) is 46.6 Å². The Morgan fingerprint density at radius 3 is 2.67 bits per heavy atom. The van der Waals surface area contributed by atoms with Gasteiger partial charge in [-0.3, -0.25) is 4.79 Å². The third-order valence-electron chi connectivity index (χ3n) is 5.81. The Hall–Kier alpha value is -2.69. The molecule has 1 unspecified atom stereocenters. The molecule has 2 aliphatic rings. The predicted molar refractivity (Wildman–Crippen MR) is 98.7 cm³/mol. The van der Waals surface area contributed by atoms with Gasteiger partial charge in [0.2, 0.25) is 5.91 Å². The van der Waals surface area contributed by atoms with E-state index in [-0.39, 0.29) is 23.1 Å². The lowest BCUT2D eigenvalue weighted by atomic mass is 9.70. The minimum Gasteiger partial charge on any atom is -0.465 e. The zero-order valence-electron chi connectivity index (χ0n) is 15.3. The Bertz CT molecular complexity index is 893.